The lowest BCUT2D eigenvalue weighted by Gasteiger charge is -2.29. The number of fused-ring (bicyclic) bond motifs is 1. The molecule has 0 saturated heterocycles. The summed E-state index contributed by atoms with van der Waals surface area (Å²) in [6.45, 7) is 0.129. The number of benzene rings is 2. The van der Waals surface area contributed by atoms with Gasteiger partial charge in [0, 0.05) is 30.1 Å². The predicted octanol–water partition coefficient (Wildman–Crippen LogP) is 4.25. The maximum absolute atomic E-state index is 13.4. The number of thiophene rings is 1. The molecule has 2 aromatic carbocycles. The molecule has 2 heterocycles. The molecule has 1 aromatic heterocycles. The van der Waals surface area contributed by atoms with Gasteiger partial charge in [0.1, 0.15) is 16.4 Å². The van der Waals surface area contributed by atoms with Gasteiger partial charge in [-0.1, -0.05) is 30.3 Å². The first-order valence-electron chi connectivity index (χ1n) is 9.32. The highest BCUT2D eigenvalue weighted by Crippen LogP contribution is 2.39. The van der Waals surface area contributed by atoms with Crippen molar-refractivity contribution in [1.29, 1.82) is 0 Å². The Hall–Kier alpha value is -3.30. The number of ether oxygens (including phenoxy) is 2. The van der Waals surface area contributed by atoms with Gasteiger partial charge in [-0.25, -0.2) is 8.42 Å². The predicted molar refractivity (Wildman–Crippen MR) is 121 cm³/mol. The zero-order valence-electron chi connectivity index (χ0n) is 16.9. The van der Waals surface area contributed by atoms with Crippen molar-refractivity contribution in [3.8, 4) is 11.5 Å². The minimum atomic E-state index is -4.07. The Labute approximate surface area is 184 Å². The molecule has 1 aliphatic heterocycles. The molecular formula is C22H20N2O5S2. The third-order valence-electron chi connectivity index (χ3n) is 4.80. The number of carbonyl (C=O) groups is 1. The molecule has 1 aliphatic rings. The van der Waals surface area contributed by atoms with Gasteiger partial charge in [-0.05, 0) is 17.0 Å². The van der Waals surface area contributed by atoms with Gasteiger partial charge in [-0.2, -0.15) is 0 Å². The molecular weight excluding hydrogens is 436 g/mol. The highest BCUT2D eigenvalue weighted by molar-refractivity contribution is 7.97. The van der Waals surface area contributed by atoms with Crippen LogP contribution in [-0.2, 0) is 16.6 Å². The normalized spacial score (nSPS) is 16.1. The van der Waals surface area contributed by atoms with E-state index in [9.17, 15) is 13.2 Å². The molecule has 0 aliphatic carbocycles. The van der Waals surface area contributed by atoms with E-state index in [1.807, 2.05) is 30.3 Å². The van der Waals surface area contributed by atoms with Crippen molar-refractivity contribution in [3.05, 3.63) is 81.5 Å². The van der Waals surface area contributed by atoms with Crippen molar-refractivity contribution >= 4 is 38.5 Å². The zero-order chi connectivity index (χ0) is 22.0. The van der Waals surface area contributed by atoms with Gasteiger partial charge >= 0.3 is 0 Å². The molecule has 4 rings (SSSR count). The number of allylic oxidation sites excluding steroid dienone is 1. The average molecular weight is 457 g/mol. The summed E-state index contributed by atoms with van der Waals surface area (Å²) in [6.07, 6.45) is 1.23. The number of methoxy groups -OCH3 is 2. The molecule has 0 spiro atoms. The second-order valence-electron chi connectivity index (χ2n) is 6.72. The minimum absolute atomic E-state index is 0.129. The first kappa shape index (κ1) is 21.0. The summed E-state index contributed by atoms with van der Waals surface area (Å²) < 4.78 is 38.6. The second-order valence-corrected chi connectivity index (χ2v) is 9.46. The van der Waals surface area contributed by atoms with Crippen molar-refractivity contribution < 1.29 is 22.7 Å². The number of nitrogens with zero attached hydrogens (tertiary/aromatic N) is 1. The summed E-state index contributed by atoms with van der Waals surface area (Å²) in [6, 6.07) is 16.0. The summed E-state index contributed by atoms with van der Waals surface area (Å²) >= 11 is 1.22. The number of sulfonamides is 1. The number of hydrogen-bond acceptors (Lipinski definition) is 7. The van der Waals surface area contributed by atoms with Crippen LogP contribution in [0, 0.1) is 0 Å². The lowest BCUT2D eigenvalue weighted by atomic mass is 10.2. The first-order chi connectivity index (χ1) is 14.9. The third kappa shape index (κ3) is 4.01. The van der Waals surface area contributed by atoms with Crippen LogP contribution in [0.1, 0.15) is 15.2 Å². The number of carbonyl (C=O) groups excluding carboxylic acids is 1. The first-order valence-corrected chi connectivity index (χ1v) is 11.6. The Morgan fingerprint density at radius 1 is 1.03 bits per heavy atom. The smallest absolute Gasteiger partial charge is 0.270 e. The quantitative estimate of drug-likeness (QED) is 0.558. The summed E-state index contributed by atoms with van der Waals surface area (Å²) in [5.41, 5.74) is 1.75. The van der Waals surface area contributed by atoms with Crippen molar-refractivity contribution in [1.82, 2.24) is 0 Å². The van der Waals surface area contributed by atoms with Gasteiger partial charge < -0.3 is 14.8 Å². The fourth-order valence-electron chi connectivity index (χ4n) is 3.25. The van der Waals surface area contributed by atoms with E-state index in [0.717, 1.165) is 5.56 Å². The van der Waals surface area contributed by atoms with Crippen LogP contribution in [0.5, 0.6) is 11.5 Å². The highest BCUT2D eigenvalue weighted by atomic mass is 32.2. The van der Waals surface area contributed by atoms with Crippen molar-refractivity contribution in [2.75, 3.05) is 23.8 Å². The number of hydrogen-bond donors (Lipinski definition) is 1. The molecule has 0 amide bonds. The Balaban J connectivity index is 1.73. The van der Waals surface area contributed by atoms with E-state index < -0.39 is 15.8 Å². The minimum Gasteiger partial charge on any atom is -0.497 e. The Kier molecular flexibility index (Phi) is 5.71. The molecule has 31 heavy (non-hydrogen) atoms. The summed E-state index contributed by atoms with van der Waals surface area (Å²) in [7, 11) is -1.03. The van der Waals surface area contributed by atoms with E-state index in [4.69, 9.17) is 9.47 Å². The summed E-state index contributed by atoms with van der Waals surface area (Å²) in [5, 5.41) is 4.63. The summed E-state index contributed by atoms with van der Waals surface area (Å²) in [5.74, 6) is 0.533. The Bertz CT molecular complexity index is 1230. The van der Waals surface area contributed by atoms with E-state index in [0.29, 0.717) is 27.8 Å². The number of rotatable bonds is 6. The molecule has 9 heteroatoms. The van der Waals surface area contributed by atoms with Gasteiger partial charge in [-0.3, -0.25) is 9.10 Å². The lowest BCUT2D eigenvalue weighted by molar-refractivity contribution is 0.104. The zero-order valence-corrected chi connectivity index (χ0v) is 18.5. The molecule has 160 valence electrons. The van der Waals surface area contributed by atoms with Crippen LogP contribution >= 0.6 is 11.3 Å². The van der Waals surface area contributed by atoms with E-state index in [-0.39, 0.29) is 11.4 Å². The Morgan fingerprint density at radius 2 is 1.71 bits per heavy atom. The third-order valence-corrected chi connectivity index (χ3v) is 7.47. The molecule has 0 fully saturated rings. The second kappa shape index (κ2) is 8.44. The van der Waals surface area contributed by atoms with Crippen molar-refractivity contribution in [2.45, 2.75) is 6.54 Å². The molecule has 3 aromatic rings. The largest absolute Gasteiger partial charge is 0.497 e. The highest BCUT2D eigenvalue weighted by Gasteiger charge is 2.41. The van der Waals surface area contributed by atoms with Gasteiger partial charge in [0.25, 0.3) is 10.0 Å². The maximum atomic E-state index is 13.4. The SMILES string of the molecule is COc1cc(NC=C2C(=O)c3sccc3N(Cc3ccccc3)S2(=O)=O)cc(OC)c1. The van der Waals surface area contributed by atoms with Gasteiger partial charge in [0.15, 0.2) is 4.91 Å². The van der Waals surface area contributed by atoms with Crippen LogP contribution in [0.15, 0.2) is 71.1 Å². The van der Waals surface area contributed by atoms with Crippen molar-refractivity contribution in [3.63, 3.8) is 0 Å². The van der Waals surface area contributed by atoms with Gasteiger partial charge in [0.2, 0.25) is 5.78 Å². The van der Waals surface area contributed by atoms with Crippen LogP contribution in [0.3, 0.4) is 0 Å². The van der Waals surface area contributed by atoms with E-state index in [2.05, 4.69) is 5.32 Å². The number of Topliss-reactive ketones (excluding diaryl/α,β-unsaturated/α-hetero) is 1. The number of anilines is 2. The topological polar surface area (TPSA) is 84.9 Å². The molecule has 0 unspecified atom stereocenters. The van der Waals surface area contributed by atoms with Crippen LogP contribution in [0.4, 0.5) is 11.4 Å². The van der Waals surface area contributed by atoms with Crippen LogP contribution in [0.2, 0.25) is 0 Å². The number of ketones is 1. The molecule has 0 saturated carbocycles. The monoisotopic (exact) mass is 456 g/mol. The number of nitrogens with one attached hydrogen (secondary N) is 1. The fraction of sp³-hybridized carbons (Fsp3) is 0.136. The molecule has 7 nitrogen and oxygen atoms in total. The van der Waals surface area contributed by atoms with Crippen LogP contribution in [-0.4, -0.2) is 28.4 Å². The average Bonchev–Trinajstić information content (AvgIpc) is 3.26. The Morgan fingerprint density at radius 3 is 2.35 bits per heavy atom. The van der Waals surface area contributed by atoms with E-state index in [1.54, 1.807) is 29.6 Å². The van der Waals surface area contributed by atoms with Gasteiger partial charge in [-0.15, -0.1) is 11.3 Å². The fourth-order valence-corrected chi connectivity index (χ4v) is 5.73. The lowest BCUT2D eigenvalue weighted by Crippen LogP contribution is -2.38. The summed E-state index contributed by atoms with van der Waals surface area (Å²) in [4.78, 5) is 13.1. The van der Waals surface area contributed by atoms with Gasteiger partial charge in [0.05, 0.1) is 26.5 Å². The van der Waals surface area contributed by atoms with Crippen molar-refractivity contribution in [2.24, 2.45) is 0 Å². The maximum Gasteiger partial charge on any atom is 0.270 e. The van der Waals surface area contributed by atoms with E-state index >= 15 is 0 Å². The van der Waals surface area contributed by atoms with Crippen LogP contribution < -0.4 is 19.1 Å². The molecule has 0 radical (unpaired) electrons. The van der Waals surface area contributed by atoms with E-state index in [1.165, 1.54) is 36.1 Å². The standard InChI is InChI=1S/C22H20N2O5S2/c1-28-17-10-16(11-18(12-17)29-2)23-13-20-21(25)22-19(8-9-30-22)24(31(20,26)27)14-15-6-4-3-5-7-15/h3-13,23H,14H2,1-2H3. The molecule has 0 bridgehead atoms. The van der Waals surface area contributed by atoms with Crippen LogP contribution in [0.25, 0.3) is 0 Å². The molecule has 0 atom stereocenters. The molecule has 1 N–H and O–H groups in total.